The summed E-state index contributed by atoms with van der Waals surface area (Å²) in [5.41, 5.74) is 1.55. The van der Waals surface area contributed by atoms with Crippen LogP contribution >= 0.6 is 0 Å². The van der Waals surface area contributed by atoms with Crippen molar-refractivity contribution >= 4 is 22.6 Å². The Balaban J connectivity index is 2.29. The van der Waals surface area contributed by atoms with Crippen LogP contribution in [0.4, 0.5) is 0 Å². The third kappa shape index (κ3) is 1.44. The zero-order chi connectivity index (χ0) is 11.8. The van der Waals surface area contributed by atoms with Gasteiger partial charge in [0.1, 0.15) is 5.92 Å². The Morgan fingerprint density at radius 3 is 2.53 bits per heavy atom. The predicted molar refractivity (Wildman–Crippen MR) is 66.4 cm³/mol. The largest absolute Gasteiger partial charge is 0.292 e. The number of benzene rings is 2. The summed E-state index contributed by atoms with van der Waals surface area (Å²) in [6.45, 7) is 0. The number of carbonyl (C=O) groups excluding carboxylic acids is 1. The molecule has 2 heteroatoms. The van der Waals surface area contributed by atoms with Crippen molar-refractivity contribution in [3.63, 3.8) is 0 Å². The molecule has 0 bridgehead atoms. The summed E-state index contributed by atoms with van der Waals surface area (Å²) >= 11 is 0. The second-order valence-electron chi connectivity index (χ2n) is 4.12. The molecule has 0 amide bonds. The Morgan fingerprint density at radius 1 is 1.12 bits per heavy atom. The maximum Gasteiger partial charge on any atom is 0.184 e. The molecule has 2 nitrogen and oxygen atoms in total. The number of allylic oxidation sites excluding steroid dienone is 1. The van der Waals surface area contributed by atoms with Crippen molar-refractivity contribution in [2.45, 2.75) is 0 Å². The Kier molecular flexibility index (Phi) is 2.06. The van der Waals surface area contributed by atoms with Crippen LogP contribution in [0.15, 0.2) is 42.5 Å². The summed E-state index contributed by atoms with van der Waals surface area (Å²) in [7, 11) is 0. The van der Waals surface area contributed by atoms with Crippen molar-refractivity contribution < 1.29 is 4.79 Å². The fourth-order valence-electron chi connectivity index (χ4n) is 2.17. The molecular formula is C15H9NO. The Labute approximate surface area is 98.8 Å². The molecule has 0 saturated heterocycles. The van der Waals surface area contributed by atoms with Crippen molar-refractivity contribution in [2.75, 3.05) is 0 Å². The molecule has 1 atom stereocenters. The van der Waals surface area contributed by atoms with Gasteiger partial charge in [0.15, 0.2) is 5.78 Å². The SMILES string of the molecule is N#CC1C=Cc2cc3ccccc3cc2C1=O. The number of nitriles is 1. The first-order valence-corrected chi connectivity index (χ1v) is 5.44. The number of hydrogen-bond acceptors (Lipinski definition) is 2. The number of rotatable bonds is 0. The molecule has 0 fully saturated rings. The standard InChI is InChI=1S/C15H9NO/c16-9-13-6-5-12-7-10-3-1-2-4-11(10)8-14(12)15(13)17/h1-8,13H. The van der Waals surface area contributed by atoms with Crippen molar-refractivity contribution in [3.8, 4) is 6.07 Å². The lowest BCUT2D eigenvalue weighted by Crippen LogP contribution is -2.15. The normalized spacial score (nSPS) is 17.8. The van der Waals surface area contributed by atoms with Crippen LogP contribution in [0, 0.1) is 17.2 Å². The van der Waals surface area contributed by atoms with Gasteiger partial charge in [0.2, 0.25) is 0 Å². The molecule has 2 aromatic carbocycles. The van der Waals surface area contributed by atoms with E-state index in [0.29, 0.717) is 5.56 Å². The lowest BCUT2D eigenvalue weighted by Gasteiger charge is -2.14. The van der Waals surface area contributed by atoms with Crippen LogP contribution in [0.2, 0.25) is 0 Å². The number of ketones is 1. The molecule has 1 aliphatic carbocycles. The zero-order valence-corrected chi connectivity index (χ0v) is 9.05. The van der Waals surface area contributed by atoms with Crippen molar-refractivity contribution in [1.29, 1.82) is 5.26 Å². The van der Waals surface area contributed by atoms with E-state index < -0.39 is 5.92 Å². The van der Waals surface area contributed by atoms with E-state index in [4.69, 9.17) is 5.26 Å². The van der Waals surface area contributed by atoms with E-state index in [1.54, 1.807) is 6.08 Å². The molecule has 80 valence electrons. The topological polar surface area (TPSA) is 40.9 Å². The van der Waals surface area contributed by atoms with Crippen LogP contribution < -0.4 is 0 Å². The van der Waals surface area contributed by atoms with Gasteiger partial charge in [-0.25, -0.2) is 0 Å². The van der Waals surface area contributed by atoms with Gasteiger partial charge in [0.05, 0.1) is 6.07 Å². The molecule has 17 heavy (non-hydrogen) atoms. The molecule has 0 N–H and O–H groups in total. The zero-order valence-electron chi connectivity index (χ0n) is 9.05. The third-order valence-corrected chi connectivity index (χ3v) is 3.07. The fourth-order valence-corrected chi connectivity index (χ4v) is 2.17. The number of Topliss-reactive ketones (excluding diaryl/α,β-unsaturated/α-hetero) is 1. The van der Waals surface area contributed by atoms with Crippen LogP contribution in [-0.2, 0) is 0 Å². The quantitative estimate of drug-likeness (QED) is 0.682. The highest BCUT2D eigenvalue weighted by molar-refractivity contribution is 6.08. The predicted octanol–water partition coefficient (Wildman–Crippen LogP) is 3.19. The van der Waals surface area contributed by atoms with E-state index in [1.807, 2.05) is 48.5 Å². The van der Waals surface area contributed by atoms with Gasteiger partial charge in [-0.1, -0.05) is 36.4 Å². The highest BCUT2D eigenvalue weighted by Gasteiger charge is 2.23. The highest BCUT2D eigenvalue weighted by atomic mass is 16.1. The number of fused-ring (bicyclic) bond motifs is 2. The van der Waals surface area contributed by atoms with Crippen LogP contribution in [0.1, 0.15) is 15.9 Å². The van der Waals surface area contributed by atoms with E-state index in [1.165, 1.54) is 0 Å². The molecule has 1 unspecified atom stereocenters. The Hall–Kier alpha value is -2.40. The van der Waals surface area contributed by atoms with E-state index in [0.717, 1.165) is 16.3 Å². The first-order valence-electron chi connectivity index (χ1n) is 5.44. The lowest BCUT2D eigenvalue weighted by molar-refractivity contribution is 0.0966. The van der Waals surface area contributed by atoms with Gasteiger partial charge < -0.3 is 0 Å². The van der Waals surface area contributed by atoms with Gasteiger partial charge in [0.25, 0.3) is 0 Å². The Bertz CT molecular complexity index is 692. The average Bonchev–Trinajstić information content (AvgIpc) is 2.37. The maximum absolute atomic E-state index is 12.0. The minimum atomic E-state index is -0.635. The smallest absolute Gasteiger partial charge is 0.184 e. The summed E-state index contributed by atoms with van der Waals surface area (Å²) in [5.74, 6) is -0.737. The van der Waals surface area contributed by atoms with E-state index in [-0.39, 0.29) is 5.78 Å². The van der Waals surface area contributed by atoms with Crippen LogP contribution in [0.3, 0.4) is 0 Å². The first kappa shape index (κ1) is 9.80. The molecule has 2 aromatic rings. The molecule has 1 aliphatic rings. The molecule has 0 spiro atoms. The summed E-state index contributed by atoms with van der Waals surface area (Å²) in [5, 5.41) is 11.0. The highest BCUT2D eigenvalue weighted by Crippen LogP contribution is 2.27. The molecule has 3 rings (SSSR count). The first-order chi connectivity index (χ1) is 8.29. The van der Waals surface area contributed by atoms with E-state index in [2.05, 4.69) is 0 Å². The van der Waals surface area contributed by atoms with Gasteiger partial charge in [-0.2, -0.15) is 5.26 Å². The third-order valence-electron chi connectivity index (χ3n) is 3.07. The van der Waals surface area contributed by atoms with E-state index >= 15 is 0 Å². The number of carbonyl (C=O) groups is 1. The van der Waals surface area contributed by atoms with Crippen LogP contribution in [0.25, 0.3) is 16.8 Å². The molecule has 0 saturated carbocycles. The van der Waals surface area contributed by atoms with Gasteiger partial charge in [-0.3, -0.25) is 4.79 Å². The summed E-state index contributed by atoms with van der Waals surface area (Å²) in [6.07, 6.45) is 3.52. The maximum atomic E-state index is 12.0. The summed E-state index contributed by atoms with van der Waals surface area (Å²) < 4.78 is 0. The molecular weight excluding hydrogens is 210 g/mol. The Morgan fingerprint density at radius 2 is 1.82 bits per heavy atom. The van der Waals surface area contributed by atoms with Crippen LogP contribution in [-0.4, -0.2) is 5.78 Å². The molecule has 0 aromatic heterocycles. The number of nitrogens with zero attached hydrogens (tertiary/aromatic N) is 1. The minimum Gasteiger partial charge on any atom is -0.292 e. The van der Waals surface area contributed by atoms with Gasteiger partial charge >= 0.3 is 0 Å². The van der Waals surface area contributed by atoms with Gasteiger partial charge in [-0.15, -0.1) is 0 Å². The van der Waals surface area contributed by atoms with Crippen molar-refractivity contribution in [2.24, 2.45) is 5.92 Å². The average molecular weight is 219 g/mol. The molecule has 0 aliphatic heterocycles. The van der Waals surface area contributed by atoms with Crippen LogP contribution in [0.5, 0.6) is 0 Å². The molecule has 0 radical (unpaired) electrons. The van der Waals surface area contributed by atoms with E-state index in [9.17, 15) is 4.79 Å². The van der Waals surface area contributed by atoms with Gasteiger partial charge in [0, 0.05) is 5.56 Å². The molecule has 0 heterocycles. The monoisotopic (exact) mass is 219 g/mol. The minimum absolute atomic E-state index is 0.101. The lowest BCUT2D eigenvalue weighted by atomic mass is 9.87. The summed E-state index contributed by atoms with van der Waals surface area (Å²) in [4.78, 5) is 12.0. The number of hydrogen-bond donors (Lipinski definition) is 0. The summed E-state index contributed by atoms with van der Waals surface area (Å²) in [6, 6.07) is 13.8. The fraction of sp³-hybridized carbons (Fsp3) is 0.0667. The second-order valence-corrected chi connectivity index (χ2v) is 4.12. The van der Waals surface area contributed by atoms with Gasteiger partial charge in [-0.05, 0) is 28.5 Å². The van der Waals surface area contributed by atoms with Crippen molar-refractivity contribution in [3.05, 3.63) is 53.6 Å². The second kappa shape index (κ2) is 3.57. The van der Waals surface area contributed by atoms with Crippen molar-refractivity contribution in [1.82, 2.24) is 0 Å².